The number of alkyl halides is 2. The molecule has 0 heterocycles. The van der Waals surface area contributed by atoms with Gasteiger partial charge in [0.05, 0.1) is 6.61 Å². The van der Waals surface area contributed by atoms with E-state index >= 15 is 0 Å². The van der Waals surface area contributed by atoms with Crippen molar-refractivity contribution in [3.63, 3.8) is 0 Å². The van der Waals surface area contributed by atoms with Crippen molar-refractivity contribution >= 4 is 0 Å². The van der Waals surface area contributed by atoms with Crippen LogP contribution in [0, 0.1) is 0 Å². The molecule has 20 heavy (non-hydrogen) atoms. The van der Waals surface area contributed by atoms with E-state index in [-0.39, 0.29) is 6.54 Å². The van der Waals surface area contributed by atoms with Gasteiger partial charge in [0.15, 0.2) is 0 Å². The largest absolute Gasteiger partial charge is 0.494 e. The number of hydrogen-bond acceptors (Lipinski definition) is 3. The summed E-state index contributed by atoms with van der Waals surface area (Å²) in [5.41, 5.74) is 0.965. The van der Waals surface area contributed by atoms with Crippen LogP contribution in [-0.2, 0) is 6.54 Å². The Morgan fingerprint density at radius 2 is 1.90 bits per heavy atom. The number of rotatable bonds is 10. The standard InChI is InChI=1S/C15H23F2NO2/c1-2-3-4-9-20-13-7-5-12(6-8-13)10-18-11-14(19)15(16)17/h5-8,14-15,18-19H,2-4,9-11H2,1H3. The summed E-state index contributed by atoms with van der Waals surface area (Å²) in [5, 5.41) is 11.7. The summed E-state index contributed by atoms with van der Waals surface area (Å²) >= 11 is 0. The molecular weight excluding hydrogens is 264 g/mol. The molecule has 3 nitrogen and oxygen atoms in total. The van der Waals surface area contributed by atoms with Crippen molar-refractivity contribution in [2.45, 2.75) is 45.3 Å². The van der Waals surface area contributed by atoms with Crippen molar-refractivity contribution in [3.05, 3.63) is 29.8 Å². The maximum Gasteiger partial charge on any atom is 0.265 e. The second-order valence-corrected chi connectivity index (χ2v) is 4.73. The molecule has 0 spiro atoms. The molecule has 1 rings (SSSR count). The zero-order valence-corrected chi connectivity index (χ0v) is 11.8. The molecule has 1 aromatic carbocycles. The van der Waals surface area contributed by atoms with Gasteiger partial charge in [-0.25, -0.2) is 8.78 Å². The van der Waals surface area contributed by atoms with Crippen LogP contribution in [0.3, 0.4) is 0 Å². The highest BCUT2D eigenvalue weighted by molar-refractivity contribution is 5.27. The normalized spacial score (nSPS) is 12.7. The van der Waals surface area contributed by atoms with Crippen LogP contribution >= 0.6 is 0 Å². The molecule has 114 valence electrons. The SMILES string of the molecule is CCCCCOc1ccc(CNCC(O)C(F)F)cc1. The van der Waals surface area contributed by atoms with E-state index in [0.717, 1.165) is 24.2 Å². The van der Waals surface area contributed by atoms with E-state index in [1.807, 2.05) is 24.3 Å². The van der Waals surface area contributed by atoms with Gasteiger partial charge in [-0.2, -0.15) is 0 Å². The van der Waals surface area contributed by atoms with Crippen LogP contribution in [0.4, 0.5) is 8.78 Å². The Balaban J connectivity index is 2.24. The van der Waals surface area contributed by atoms with Crippen LogP contribution in [-0.4, -0.2) is 30.8 Å². The number of aliphatic hydroxyl groups is 1. The molecule has 0 amide bonds. The second-order valence-electron chi connectivity index (χ2n) is 4.73. The first-order valence-electron chi connectivity index (χ1n) is 7.02. The molecule has 1 aromatic rings. The molecule has 0 aromatic heterocycles. The number of nitrogens with one attached hydrogen (secondary N) is 1. The molecule has 5 heteroatoms. The fourth-order valence-corrected chi connectivity index (χ4v) is 1.70. The molecule has 0 bridgehead atoms. The van der Waals surface area contributed by atoms with Crippen molar-refractivity contribution < 1.29 is 18.6 Å². The monoisotopic (exact) mass is 287 g/mol. The Hall–Kier alpha value is -1.20. The predicted octanol–water partition coefficient (Wildman–Crippen LogP) is 2.97. The summed E-state index contributed by atoms with van der Waals surface area (Å²) in [6.45, 7) is 3.19. The first-order valence-corrected chi connectivity index (χ1v) is 7.02. The van der Waals surface area contributed by atoms with E-state index in [4.69, 9.17) is 9.84 Å². The molecule has 1 unspecified atom stereocenters. The molecular formula is C15H23F2NO2. The van der Waals surface area contributed by atoms with Gasteiger partial charge in [-0.15, -0.1) is 0 Å². The lowest BCUT2D eigenvalue weighted by Crippen LogP contribution is -2.31. The van der Waals surface area contributed by atoms with Gasteiger partial charge in [0.2, 0.25) is 0 Å². The first kappa shape index (κ1) is 16.9. The summed E-state index contributed by atoms with van der Waals surface area (Å²) in [6, 6.07) is 7.51. The van der Waals surface area contributed by atoms with Crippen molar-refractivity contribution in [1.29, 1.82) is 0 Å². The quantitative estimate of drug-likeness (QED) is 0.650. The van der Waals surface area contributed by atoms with Crippen LogP contribution in [0.5, 0.6) is 5.75 Å². The summed E-state index contributed by atoms with van der Waals surface area (Å²) in [7, 11) is 0. The fourth-order valence-electron chi connectivity index (χ4n) is 1.70. The number of hydrogen-bond donors (Lipinski definition) is 2. The van der Waals surface area contributed by atoms with E-state index in [2.05, 4.69) is 12.2 Å². The highest BCUT2D eigenvalue weighted by Gasteiger charge is 2.15. The molecule has 0 radical (unpaired) electrons. The predicted molar refractivity (Wildman–Crippen MR) is 75.2 cm³/mol. The van der Waals surface area contributed by atoms with Crippen LogP contribution in [0.2, 0.25) is 0 Å². The molecule has 1 atom stereocenters. The van der Waals surface area contributed by atoms with Gasteiger partial charge < -0.3 is 15.2 Å². The Morgan fingerprint density at radius 3 is 2.50 bits per heavy atom. The van der Waals surface area contributed by atoms with Crippen LogP contribution in [0.15, 0.2) is 24.3 Å². The molecule has 0 fully saturated rings. The number of benzene rings is 1. The minimum Gasteiger partial charge on any atom is -0.494 e. The van der Waals surface area contributed by atoms with Crippen LogP contribution in [0.25, 0.3) is 0 Å². The van der Waals surface area contributed by atoms with Gasteiger partial charge in [0.25, 0.3) is 6.43 Å². The van der Waals surface area contributed by atoms with Gasteiger partial charge in [-0.3, -0.25) is 0 Å². The molecule has 0 aliphatic carbocycles. The molecule has 0 aliphatic rings. The third-order valence-electron chi connectivity index (χ3n) is 2.91. The van der Waals surface area contributed by atoms with Crippen molar-refractivity contribution in [3.8, 4) is 5.75 Å². The number of unbranched alkanes of at least 4 members (excludes halogenated alkanes) is 2. The minimum atomic E-state index is -2.71. The smallest absolute Gasteiger partial charge is 0.265 e. The average Bonchev–Trinajstić information content (AvgIpc) is 2.45. The third kappa shape index (κ3) is 6.82. The summed E-state index contributed by atoms with van der Waals surface area (Å²) < 4.78 is 29.7. The topological polar surface area (TPSA) is 41.5 Å². The zero-order valence-electron chi connectivity index (χ0n) is 11.8. The van der Waals surface area contributed by atoms with E-state index in [1.54, 1.807) is 0 Å². The third-order valence-corrected chi connectivity index (χ3v) is 2.91. The van der Waals surface area contributed by atoms with E-state index in [0.29, 0.717) is 13.2 Å². The lowest BCUT2D eigenvalue weighted by atomic mass is 10.2. The van der Waals surface area contributed by atoms with Crippen molar-refractivity contribution in [1.82, 2.24) is 5.32 Å². The molecule has 0 saturated heterocycles. The van der Waals surface area contributed by atoms with E-state index in [1.165, 1.54) is 6.42 Å². The second kappa shape index (κ2) is 9.66. The molecule has 2 N–H and O–H groups in total. The summed E-state index contributed by atoms with van der Waals surface area (Å²) in [6.07, 6.45) is -0.948. The van der Waals surface area contributed by atoms with Gasteiger partial charge in [-0.1, -0.05) is 31.9 Å². The van der Waals surface area contributed by atoms with Crippen molar-refractivity contribution in [2.75, 3.05) is 13.2 Å². The molecule has 0 aliphatic heterocycles. The Labute approximate surface area is 119 Å². The highest BCUT2D eigenvalue weighted by atomic mass is 19.3. The van der Waals surface area contributed by atoms with Crippen LogP contribution in [0.1, 0.15) is 31.7 Å². The maximum atomic E-state index is 12.1. The molecule has 0 saturated carbocycles. The van der Waals surface area contributed by atoms with Crippen molar-refractivity contribution in [2.24, 2.45) is 0 Å². The van der Waals surface area contributed by atoms with Gasteiger partial charge >= 0.3 is 0 Å². The fraction of sp³-hybridized carbons (Fsp3) is 0.600. The summed E-state index contributed by atoms with van der Waals surface area (Å²) in [4.78, 5) is 0. The minimum absolute atomic E-state index is 0.118. The Bertz CT molecular complexity index is 357. The van der Waals surface area contributed by atoms with Gasteiger partial charge in [0, 0.05) is 13.1 Å². The van der Waals surface area contributed by atoms with Crippen LogP contribution < -0.4 is 10.1 Å². The van der Waals surface area contributed by atoms with Gasteiger partial charge in [-0.05, 0) is 24.1 Å². The highest BCUT2D eigenvalue weighted by Crippen LogP contribution is 2.13. The van der Waals surface area contributed by atoms with Gasteiger partial charge in [0.1, 0.15) is 11.9 Å². The summed E-state index contributed by atoms with van der Waals surface area (Å²) in [5.74, 6) is 0.817. The maximum absolute atomic E-state index is 12.1. The Kier molecular flexibility index (Phi) is 8.14. The number of halogens is 2. The zero-order chi connectivity index (χ0) is 14.8. The Morgan fingerprint density at radius 1 is 1.20 bits per heavy atom. The first-order chi connectivity index (χ1) is 9.63. The lowest BCUT2D eigenvalue weighted by molar-refractivity contribution is -0.00340. The average molecular weight is 287 g/mol. The lowest BCUT2D eigenvalue weighted by Gasteiger charge is -2.11. The van der Waals surface area contributed by atoms with E-state index in [9.17, 15) is 8.78 Å². The number of ether oxygens (including phenoxy) is 1. The van der Waals surface area contributed by atoms with E-state index < -0.39 is 12.5 Å². The number of aliphatic hydroxyl groups excluding tert-OH is 1.